The van der Waals surface area contributed by atoms with Gasteiger partial charge in [0.25, 0.3) is 0 Å². The summed E-state index contributed by atoms with van der Waals surface area (Å²) >= 11 is 3.82. The van der Waals surface area contributed by atoms with E-state index in [0.29, 0.717) is 6.42 Å². The van der Waals surface area contributed by atoms with Crippen LogP contribution in [0.25, 0.3) is 0 Å². The van der Waals surface area contributed by atoms with Gasteiger partial charge >= 0.3 is 5.97 Å². The number of carboxylic acid groups (broad SMARTS) is 1. The number of aliphatic carboxylic acids is 1. The summed E-state index contributed by atoms with van der Waals surface area (Å²) in [6, 6.07) is -0.657. The monoisotopic (exact) mass is 327 g/mol. The fourth-order valence-corrected chi connectivity index (χ4v) is 4.30. The van der Waals surface area contributed by atoms with Crippen molar-refractivity contribution in [1.82, 2.24) is 4.90 Å². The van der Waals surface area contributed by atoms with E-state index in [-0.39, 0.29) is 14.7 Å². The highest BCUT2D eigenvalue weighted by molar-refractivity contribution is 14.1. The number of amides is 1. The molecule has 0 aromatic heterocycles. The average Bonchev–Trinajstić information content (AvgIpc) is 2.05. The number of nitrogens with zero attached hydrogens (tertiary/aromatic N) is 1. The van der Waals surface area contributed by atoms with Crippen LogP contribution in [-0.4, -0.2) is 42.5 Å². The molecular formula is C8H10INO3S. The number of β-lactam (4-membered cyclic amide) rings is 1. The van der Waals surface area contributed by atoms with Gasteiger partial charge in [-0.05, 0) is 6.92 Å². The Labute approximate surface area is 99.5 Å². The number of alkyl halides is 1. The Morgan fingerprint density at radius 1 is 1.79 bits per heavy atom. The number of carbonyl (C=O) groups is 2. The van der Waals surface area contributed by atoms with E-state index in [9.17, 15) is 9.59 Å². The van der Waals surface area contributed by atoms with E-state index >= 15 is 0 Å². The van der Waals surface area contributed by atoms with Crippen LogP contribution in [0.3, 0.4) is 0 Å². The number of carboxylic acids is 1. The van der Waals surface area contributed by atoms with E-state index < -0.39 is 12.0 Å². The lowest BCUT2D eigenvalue weighted by molar-refractivity contribution is -0.159. The number of carbonyl (C=O) groups excluding carboxylic acids is 1. The third kappa shape index (κ3) is 1.42. The molecule has 4 nitrogen and oxygen atoms in total. The van der Waals surface area contributed by atoms with Gasteiger partial charge in [0, 0.05) is 5.75 Å². The first-order valence-corrected chi connectivity index (χ1v) is 6.41. The van der Waals surface area contributed by atoms with Crippen LogP contribution >= 0.6 is 34.4 Å². The predicted octanol–water partition coefficient (Wildman–Crippen LogP) is 0.939. The van der Waals surface area contributed by atoms with Crippen LogP contribution in [0.15, 0.2) is 0 Å². The molecule has 2 saturated heterocycles. The first-order chi connectivity index (χ1) is 6.43. The quantitative estimate of drug-likeness (QED) is 0.442. The third-order valence-electron chi connectivity index (χ3n) is 2.59. The number of halogens is 1. The summed E-state index contributed by atoms with van der Waals surface area (Å²) in [5.74, 6) is -0.128. The van der Waals surface area contributed by atoms with Crippen molar-refractivity contribution in [1.29, 1.82) is 0 Å². The van der Waals surface area contributed by atoms with Gasteiger partial charge in [0.1, 0.15) is 6.04 Å². The van der Waals surface area contributed by atoms with Crippen LogP contribution in [-0.2, 0) is 9.59 Å². The summed E-state index contributed by atoms with van der Waals surface area (Å²) in [6.45, 7) is 1.89. The van der Waals surface area contributed by atoms with Crippen molar-refractivity contribution in [3.05, 3.63) is 0 Å². The molecule has 2 fully saturated rings. The Kier molecular flexibility index (Phi) is 2.45. The highest BCUT2D eigenvalue weighted by atomic mass is 127. The average molecular weight is 327 g/mol. The topological polar surface area (TPSA) is 57.6 Å². The Balaban J connectivity index is 2.28. The second-order valence-electron chi connectivity index (χ2n) is 3.79. The van der Waals surface area contributed by atoms with Gasteiger partial charge in [-0.3, -0.25) is 4.79 Å². The highest BCUT2D eigenvalue weighted by Crippen LogP contribution is 2.45. The molecule has 2 aliphatic rings. The maximum absolute atomic E-state index is 11.3. The SMILES string of the molecule is CC1(I)CS[C@@H]2CC(=O)N2C1C(=O)O. The second-order valence-corrected chi connectivity index (χ2v) is 7.42. The molecule has 0 aromatic rings. The van der Waals surface area contributed by atoms with Gasteiger partial charge < -0.3 is 10.0 Å². The fourth-order valence-electron chi connectivity index (χ4n) is 1.86. The number of fused-ring (bicyclic) bond motifs is 1. The zero-order valence-electron chi connectivity index (χ0n) is 7.57. The Bertz CT molecular complexity index is 307. The number of hydrogen-bond acceptors (Lipinski definition) is 3. The van der Waals surface area contributed by atoms with Crippen molar-refractivity contribution >= 4 is 46.2 Å². The van der Waals surface area contributed by atoms with E-state index in [1.165, 1.54) is 4.90 Å². The van der Waals surface area contributed by atoms with Gasteiger partial charge in [0.15, 0.2) is 0 Å². The van der Waals surface area contributed by atoms with Gasteiger partial charge in [-0.2, -0.15) is 0 Å². The summed E-state index contributed by atoms with van der Waals surface area (Å²) in [4.78, 5) is 23.9. The summed E-state index contributed by atoms with van der Waals surface area (Å²) in [5.41, 5.74) is 0. The van der Waals surface area contributed by atoms with Gasteiger partial charge in [-0.25, -0.2) is 4.79 Å². The highest BCUT2D eigenvalue weighted by Gasteiger charge is 2.55. The molecule has 0 aromatic carbocycles. The Morgan fingerprint density at radius 2 is 2.43 bits per heavy atom. The van der Waals surface area contributed by atoms with Crippen LogP contribution in [0.2, 0.25) is 0 Å². The Hall–Kier alpha value is 0.0200. The minimum atomic E-state index is -0.889. The standard InChI is InChI=1S/C8H10INO3S/c1-8(9)3-14-5-2-4(11)10(5)6(8)7(12)13/h5-6H,2-3H2,1H3,(H,12,13)/t5-,6?,8?/m1/s1. The number of thioether (sulfide) groups is 1. The van der Waals surface area contributed by atoms with Gasteiger partial charge in [0.2, 0.25) is 5.91 Å². The molecule has 3 atom stereocenters. The molecule has 0 bridgehead atoms. The van der Waals surface area contributed by atoms with E-state index in [1.54, 1.807) is 11.8 Å². The van der Waals surface area contributed by atoms with Crippen LogP contribution in [0.5, 0.6) is 0 Å². The van der Waals surface area contributed by atoms with Gasteiger partial charge in [-0.15, -0.1) is 11.8 Å². The van der Waals surface area contributed by atoms with Gasteiger partial charge in [-0.1, -0.05) is 22.6 Å². The summed E-state index contributed by atoms with van der Waals surface area (Å²) in [5, 5.41) is 9.21. The van der Waals surface area contributed by atoms with Crippen LogP contribution in [0.1, 0.15) is 13.3 Å². The molecular weight excluding hydrogens is 317 g/mol. The molecule has 0 saturated carbocycles. The second kappa shape index (κ2) is 3.26. The van der Waals surface area contributed by atoms with Crippen molar-refractivity contribution in [2.75, 3.05) is 5.75 Å². The molecule has 14 heavy (non-hydrogen) atoms. The smallest absolute Gasteiger partial charge is 0.327 e. The maximum Gasteiger partial charge on any atom is 0.327 e. The summed E-state index contributed by atoms with van der Waals surface area (Å²) in [6.07, 6.45) is 0.501. The van der Waals surface area contributed by atoms with E-state index in [1.807, 2.05) is 6.92 Å². The lowest BCUT2D eigenvalue weighted by atomic mass is 9.97. The molecule has 78 valence electrons. The largest absolute Gasteiger partial charge is 0.480 e. The van der Waals surface area contributed by atoms with Crippen molar-refractivity contribution < 1.29 is 14.7 Å². The summed E-state index contributed by atoms with van der Waals surface area (Å²) in [7, 11) is 0. The molecule has 2 aliphatic heterocycles. The first kappa shape index (κ1) is 10.5. The number of rotatable bonds is 1. The summed E-state index contributed by atoms with van der Waals surface area (Å²) < 4.78 is -0.360. The molecule has 1 amide bonds. The third-order valence-corrected chi connectivity index (χ3v) is 5.62. The molecule has 2 heterocycles. The van der Waals surface area contributed by atoms with Crippen molar-refractivity contribution in [3.63, 3.8) is 0 Å². The molecule has 6 heteroatoms. The van der Waals surface area contributed by atoms with Crippen molar-refractivity contribution in [3.8, 4) is 0 Å². The van der Waals surface area contributed by atoms with E-state index in [4.69, 9.17) is 5.11 Å². The molecule has 2 unspecified atom stereocenters. The zero-order valence-corrected chi connectivity index (χ0v) is 10.5. The van der Waals surface area contributed by atoms with E-state index in [0.717, 1.165) is 5.75 Å². The zero-order chi connectivity index (χ0) is 10.5. The molecule has 0 radical (unpaired) electrons. The van der Waals surface area contributed by atoms with Crippen molar-refractivity contribution in [2.24, 2.45) is 0 Å². The Morgan fingerprint density at radius 3 is 2.86 bits per heavy atom. The van der Waals surface area contributed by atoms with Crippen molar-refractivity contribution in [2.45, 2.75) is 28.2 Å². The normalized spacial score (nSPS) is 41.6. The fraction of sp³-hybridized carbons (Fsp3) is 0.750. The molecule has 1 N–H and O–H groups in total. The van der Waals surface area contributed by atoms with Crippen LogP contribution in [0.4, 0.5) is 0 Å². The predicted molar refractivity (Wildman–Crippen MR) is 61.6 cm³/mol. The minimum Gasteiger partial charge on any atom is -0.480 e. The lowest BCUT2D eigenvalue weighted by Crippen LogP contribution is -2.67. The lowest BCUT2D eigenvalue weighted by Gasteiger charge is -2.52. The number of hydrogen-bond donors (Lipinski definition) is 1. The van der Waals surface area contributed by atoms with Crippen LogP contribution < -0.4 is 0 Å². The van der Waals surface area contributed by atoms with E-state index in [2.05, 4.69) is 22.6 Å². The van der Waals surface area contributed by atoms with Crippen LogP contribution in [0, 0.1) is 0 Å². The molecule has 0 aliphatic carbocycles. The maximum atomic E-state index is 11.3. The minimum absolute atomic E-state index is 0.0301. The van der Waals surface area contributed by atoms with Gasteiger partial charge in [0.05, 0.1) is 15.2 Å². The molecule has 0 spiro atoms. The molecule has 2 rings (SSSR count). The first-order valence-electron chi connectivity index (χ1n) is 4.28.